The molecule has 0 fully saturated rings. The molecule has 0 saturated carbocycles. The van der Waals surface area contributed by atoms with Crippen LogP contribution in [0.1, 0.15) is 22.8 Å². The van der Waals surface area contributed by atoms with Crippen LogP contribution in [0.2, 0.25) is 0 Å². The van der Waals surface area contributed by atoms with E-state index < -0.39 is 33.5 Å². The lowest BCUT2D eigenvalue weighted by Crippen LogP contribution is -2.15. The summed E-state index contributed by atoms with van der Waals surface area (Å²) in [6, 6.07) is 1.74. The number of hydrogen-bond donors (Lipinski definition) is 0. The number of ketones is 1. The van der Waals surface area contributed by atoms with E-state index >= 15 is 0 Å². The van der Waals surface area contributed by atoms with Crippen LogP contribution in [0.4, 0.5) is 22.0 Å². The van der Waals surface area contributed by atoms with Crippen molar-refractivity contribution in [2.45, 2.75) is 19.7 Å². The summed E-state index contributed by atoms with van der Waals surface area (Å²) in [5.74, 6) is -1.58. The number of rotatable bonds is 3. The van der Waals surface area contributed by atoms with Gasteiger partial charge in [0.05, 0.1) is 0 Å². The van der Waals surface area contributed by atoms with Crippen molar-refractivity contribution in [3.8, 4) is 5.75 Å². The highest BCUT2D eigenvalue weighted by Gasteiger charge is 2.38. The Balaban J connectivity index is 3.47. The summed E-state index contributed by atoms with van der Waals surface area (Å²) in [5.41, 5.74) is -1.55. The summed E-state index contributed by atoms with van der Waals surface area (Å²) in [4.78, 5) is 11.1. The van der Waals surface area contributed by atoms with Crippen molar-refractivity contribution >= 4 is 28.4 Å². The van der Waals surface area contributed by atoms with Crippen LogP contribution in [0, 0.1) is 3.57 Å². The molecule has 0 N–H and O–H groups in total. The van der Waals surface area contributed by atoms with Gasteiger partial charge in [0.25, 0.3) is 0 Å². The minimum atomic E-state index is -4.88. The molecule has 0 aliphatic heterocycles. The number of carbonyl (C=O) groups is 1. The third-order valence-corrected chi connectivity index (χ3v) is 3.10. The monoisotopic (exact) mass is 380 g/mol. The quantitative estimate of drug-likeness (QED) is 0.448. The van der Waals surface area contributed by atoms with Gasteiger partial charge in [0, 0.05) is 9.13 Å². The molecule has 0 aliphatic carbocycles. The van der Waals surface area contributed by atoms with Gasteiger partial charge in [-0.05, 0) is 41.6 Å². The lowest BCUT2D eigenvalue weighted by Gasteiger charge is -2.16. The number of Topliss-reactive ketones (excluding diaryl/α,β-unsaturated/α-hetero) is 1. The molecule has 0 atom stereocenters. The summed E-state index contributed by atoms with van der Waals surface area (Å²) < 4.78 is 65.7. The van der Waals surface area contributed by atoms with Crippen LogP contribution in [-0.4, -0.2) is 12.4 Å². The van der Waals surface area contributed by atoms with Crippen molar-refractivity contribution in [3.63, 3.8) is 0 Å². The molecule has 0 spiro atoms. The van der Waals surface area contributed by atoms with Crippen molar-refractivity contribution in [2.75, 3.05) is 0 Å². The van der Waals surface area contributed by atoms with E-state index in [9.17, 15) is 26.7 Å². The molecular formula is C10H6F5IO2. The third-order valence-electron chi connectivity index (χ3n) is 1.98. The summed E-state index contributed by atoms with van der Waals surface area (Å²) in [7, 11) is 0. The van der Waals surface area contributed by atoms with E-state index in [0.29, 0.717) is 6.07 Å². The zero-order valence-electron chi connectivity index (χ0n) is 8.82. The Kier molecular flexibility index (Phi) is 4.51. The fraction of sp³-hybridized carbons (Fsp3) is 0.300. The number of carbonyl (C=O) groups excluding carboxylic acids is 1. The van der Waals surface area contributed by atoms with Crippen LogP contribution in [-0.2, 0) is 6.18 Å². The molecule has 2 nitrogen and oxygen atoms in total. The molecule has 8 heteroatoms. The Morgan fingerprint density at radius 3 is 2.28 bits per heavy atom. The lowest BCUT2D eigenvalue weighted by atomic mass is 10.1. The summed E-state index contributed by atoms with van der Waals surface area (Å²) in [6.45, 7) is -2.28. The van der Waals surface area contributed by atoms with Crippen LogP contribution in [0.15, 0.2) is 12.1 Å². The van der Waals surface area contributed by atoms with E-state index in [1.807, 2.05) is 0 Å². The topological polar surface area (TPSA) is 26.3 Å². The van der Waals surface area contributed by atoms with Crippen molar-refractivity contribution in [2.24, 2.45) is 0 Å². The molecule has 0 amide bonds. The fourth-order valence-corrected chi connectivity index (χ4v) is 2.42. The molecule has 0 radical (unpaired) electrons. The average Bonchev–Trinajstić information content (AvgIpc) is 2.13. The number of hydrogen-bond acceptors (Lipinski definition) is 2. The third kappa shape index (κ3) is 3.30. The Morgan fingerprint density at radius 2 is 1.89 bits per heavy atom. The maximum atomic E-state index is 12.8. The van der Waals surface area contributed by atoms with Crippen molar-refractivity contribution in [3.05, 3.63) is 26.8 Å². The molecule has 0 aliphatic rings. The Hall–Kier alpha value is -0.930. The van der Waals surface area contributed by atoms with Gasteiger partial charge in [-0.3, -0.25) is 4.79 Å². The van der Waals surface area contributed by atoms with Gasteiger partial charge in [-0.2, -0.15) is 22.0 Å². The van der Waals surface area contributed by atoms with E-state index in [4.69, 9.17) is 0 Å². The van der Waals surface area contributed by atoms with E-state index in [1.54, 1.807) is 0 Å². The smallest absolute Gasteiger partial charge is 0.421 e. The predicted octanol–water partition coefficient (Wildman–Crippen LogP) is 4.11. The molecule has 100 valence electrons. The van der Waals surface area contributed by atoms with Gasteiger partial charge in [0.15, 0.2) is 5.78 Å². The molecule has 1 aromatic rings. The van der Waals surface area contributed by atoms with Crippen molar-refractivity contribution in [1.82, 2.24) is 0 Å². The second kappa shape index (κ2) is 5.37. The van der Waals surface area contributed by atoms with Gasteiger partial charge in [0.2, 0.25) is 0 Å². The van der Waals surface area contributed by atoms with Gasteiger partial charge < -0.3 is 4.74 Å². The molecule has 18 heavy (non-hydrogen) atoms. The largest absolute Gasteiger partial charge is 0.434 e. The highest BCUT2D eigenvalue weighted by Crippen LogP contribution is 2.41. The van der Waals surface area contributed by atoms with E-state index in [1.165, 1.54) is 22.6 Å². The zero-order valence-corrected chi connectivity index (χ0v) is 11.0. The first-order valence-electron chi connectivity index (χ1n) is 4.50. The summed E-state index contributed by atoms with van der Waals surface area (Å²) in [5, 5.41) is 0. The molecule has 1 aromatic carbocycles. The lowest BCUT2D eigenvalue weighted by molar-refractivity contribution is -0.142. The van der Waals surface area contributed by atoms with Crippen LogP contribution < -0.4 is 4.74 Å². The van der Waals surface area contributed by atoms with E-state index in [0.717, 1.165) is 13.0 Å². The molecule has 0 aromatic heterocycles. The number of benzene rings is 1. The van der Waals surface area contributed by atoms with Crippen LogP contribution in [0.25, 0.3) is 0 Å². The van der Waals surface area contributed by atoms with E-state index in [2.05, 4.69) is 4.74 Å². The maximum absolute atomic E-state index is 12.8. The normalized spacial score (nSPS) is 11.8. The van der Waals surface area contributed by atoms with Gasteiger partial charge in [-0.1, -0.05) is 0 Å². The van der Waals surface area contributed by atoms with Gasteiger partial charge in [0.1, 0.15) is 11.3 Å². The number of ether oxygens (including phenoxy) is 1. The first-order valence-corrected chi connectivity index (χ1v) is 5.58. The molecule has 0 saturated heterocycles. The Bertz CT molecular complexity index is 470. The minimum Gasteiger partial charge on any atom is -0.434 e. The second-order valence-corrected chi connectivity index (χ2v) is 4.31. The van der Waals surface area contributed by atoms with Crippen LogP contribution >= 0.6 is 22.6 Å². The van der Waals surface area contributed by atoms with Crippen molar-refractivity contribution < 1.29 is 31.5 Å². The van der Waals surface area contributed by atoms with Crippen molar-refractivity contribution in [1.29, 1.82) is 0 Å². The maximum Gasteiger partial charge on any atom is 0.421 e. The molecule has 0 heterocycles. The molecule has 1 rings (SSSR count). The van der Waals surface area contributed by atoms with Crippen LogP contribution in [0.5, 0.6) is 5.75 Å². The summed E-state index contributed by atoms with van der Waals surface area (Å²) >= 11 is 1.29. The number of halogens is 6. The van der Waals surface area contributed by atoms with Gasteiger partial charge in [-0.15, -0.1) is 0 Å². The Morgan fingerprint density at radius 1 is 1.33 bits per heavy atom. The summed E-state index contributed by atoms with van der Waals surface area (Å²) in [6.07, 6.45) is -4.88. The molecule has 0 bridgehead atoms. The zero-order chi connectivity index (χ0) is 14.1. The fourth-order valence-electron chi connectivity index (χ4n) is 1.29. The standard InChI is InChI=1S/C10H6F5IO2/c1-4(17)5-2-3-6(18-9(11)12)7(8(5)16)10(13,14)15/h2-3,9H,1H3. The molecular weight excluding hydrogens is 374 g/mol. The first-order chi connectivity index (χ1) is 8.14. The molecule has 0 unspecified atom stereocenters. The minimum absolute atomic E-state index is 0.190. The second-order valence-electron chi connectivity index (χ2n) is 3.23. The average molecular weight is 380 g/mol. The predicted molar refractivity (Wildman–Crippen MR) is 60.8 cm³/mol. The Labute approximate surface area is 112 Å². The van der Waals surface area contributed by atoms with Gasteiger partial charge in [-0.25, -0.2) is 0 Å². The SMILES string of the molecule is CC(=O)c1ccc(OC(F)F)c(C(F)(F)F)c1I. The number of alkyl halides is 5. The highest BCUT2D eigenvalue weighted by molar-refractivity contribution is 14.1. The first kappa shape index (κ1) is 15.1. The van der Waals surface area contributed by atoms with E-state index in [-0.39, 0.29) is 5.56 Å². The van der Waals surface area contributed by atoms with Crippen LogP contribution in [0.3, 0.4) is 0 Å². The highest BCUT2D eigenvalue weighted by atomic mass is 127. The van der Waals surface area contributed by atoms with Gasteiger partial charge >= 0.3 is 12.8 Å².